The third-order valence-corrected chi connectivity index (χ3v) is 6.53. The van der Waals surface area contributed by atoms with Crippen molar-refractivity contribution in [2.45, 2.75) is 38.3 Å². The summed E-state index contributed by atoms with van der Waals surface area (Å²) in [6.45, 7) is 8.60. The van der Waals surface area contributed by atoms with Crippen molar-refractivity contribution in [1.82, 2.24) is 20.1 Å². The van der Waals surface area contributed by atoms with Gasteiger partial charge in [0, 0.05) is 25.2 Å². The van der Waals surface area contributed by atoms with Gasteiger partial charge in [0.2, 0.25) is 18.7 Å². The van der Waals surface area contributed by atoms with Crippen LogP contribution in [0, 0.1) is 5.82 Å². The van der Waals surface area contributed by atoms with E-state index in [-0.39, 0.29) is 34.6 Å². The van der Waals surface area contributed by atoms with Gasteiger partial charge >= 0.3 is 0 Å². The summed E-state index contributed by atoms with van der Waals surface area (Å²) in [6, 6.07) is 7.15. The number of halogens is 2. The second-order valence-corrected chi connectivity index (χ2v) is 9.53. The molecule has 2 aromatic rings. The van der Waals surface area contributed by atoms with Crippen LogP contribution in [0.5, 0.6) is 11.6 Å². The van der Waals surface area contributed by atoms with Crippen LogP contribution in [-0.4, -0.2) is 78.7 Å². The summed E-state index contributed by atoms with van der Waals surface area (Å²) in [5.41, 5.74) is 0.509. The van der Waals surface area contributed by atoms with Gasteiger partial charge in [0.05, 0.1) is 11.6 Å². The molecule has 1 unspecified atom stereocenters. The number of carbonyl (C=O) groups is 2. The van der Waals surface area contributed by atoms with E-state index in [4.69, 9.17) is 21.3 Å². The molecule has 11 heteroatoms. The summed E-state index contributed by atoms with van der Waals surface area (Å²) in [5.74, 6) is 0.548. The molecule has 1 aliphatic heterocycles. The Labute approximate surface area is 227 Å². The molecule has 1 aromatic carbocycles. The van der Waals surface area contributed by atoms with E-state index in [1.807, 2.05) is 13.0 Å². The van der Waals surface area contributed by atoms with Crippen LogP contribution in [0.3, 0.4) is 0 Å². The van der Waals surface area contributed by atoms with Crippen LogP contribution in [0.25, 0.3) is 0 Å². The first-order chi connectivity index (χ1) is 18.4. The van der Waals surface area contributed by atoms with E-state index in [0.29, 0.717) is 43.7 Å². The molecular formula is C27H34ClFN6O3. The normalized spacial score (nSPS) is 15.4. The number of amides is 2. The van der Waals surface area contributed by atoms with E-state index in [1.54, 1.807) is 12.1 Å². The topological polar surface area (TPSA) is 99.2 Å². The Hall–Kier alpha value is -3.50. The summed E-state index contributed by atoms with van der Waals surface area (Å²) in [7, 11) is 2.08. The highest BCUT2D eigenvalue weighted by atomic mass is 35.5. The number of anilines is 1. The first-order valence-corrected chi connectivity index (χ1v) is 12.9. The van der Waals surface area contributed by atoms with Crippen molar-refractivity contribution in [2.75, 3.05) is 38.5 Å². The van der Waals surface area contributed by atoms with Gasteiger partial charge in [0.1, 0.15) is 28.2 Å². The minimum atomic E-state index is -0.468. The number of pyridine rings is 1. The number of hydrogen-bond acceptors (Lipinski definition) is 6. The molecule has 38 heavy (non-hydrogen) atoms. The SMILES string of the molecule is C=CCCN(/C(=N/C1CCN(C)CC1)c1cc(Cl)c(Oc2cccc(F)c2)nc1NC=O)C(C)CNC=O. The molecule has 1 atom stereocenters. The van der Waals surface area contributed by atoms with E-state index in [1.165, 1.54) is 18.2 Å². The lowest BCUT2D eigenvalue weighted by Gasteiger charge is -2.35. The quantitative estimate of drug-likeness (QED) is 0.171. The van der Waals surface area contributed by atoms with Gasteiger partial charge < -0.3 is 25.2 Å². The van der Waals surface area contributed by atoms with Gasteiger partial charge in [0.15, 0.2) is 0 Å². The molecule has 0 aliphatic carbocycles. The Morgan fingerprint density at radius 3 is 2.76 bits per heavy atom. The number of piperidine rings is 1. The number of nitrogens with one attached hydrogen (secondary N) is 2. The first-order valence-electron chi connectivity index (χ1n) is 12.5. The number of ether oxygens (including phenoxy) is 1. The van der Waals surface area contributed by atoms with Crippen molar-refractivity contribution in [2.24, 2.45) is 4.99 Å². The lowest BCUT2D eigenvalue weighted by atomic mass is 10.1. The predicted octanol–water partition coefficient (Wildman–Crippen LogP) is 4.09. The maximum Gasteiger partial charge on any atom is 0.240 e. The number of hydrogen-bond donors (Lipinski definition) is 2. The number of carbonyl (C=O) groups excluding carboxylic acids is 2. The fourth-order valence-electron chi connectivity index (χ4n) is 4.21. The van der Waals surface area contributed by atoms with Crippen molar-refractivity contribution in [3.8, 4) is 11.6 Å². The maximum absolute atomic E-state index is 13.7. The monoisotopic (exact) mass is 544 g/mol. The highest BCUT2D eigenvalue weighted by molar-refractivity contribution is 6.32. The minimum absolute atomic E-state index is 0.0114. The number of likely N-dealkylation sites (tertiary alicyclic amines) is 1. The van der Waals surface area contributed by atoms with Crippen LogP contribution >= 0.6 is 11.6 Å². The van der Waals surface area contributed by atoms with Gasteiger partial charge in [-0.25, -0.2) is 4.39 Å². The average Bonchev–Trinajstić information content (AvgIpc) is 2.90. The Balaban J connectivity index is 2.11. The molecule has 0 spiro atoms. The Kier molecular flexibility index (Phi) is 11.0. The number of amidine groups is 1. The number of aliphatic imine (C=N–C) groups is 1. The Morgan fingerprint density at radius 2 is 2.11 bits per heavy atom. The number of nitrogens with zero attached hydrogens (tertiary/aromatic N) is 4. The molecule has 2 N–H and O–H groups in total. The van der Waals surface area contributed by atoms with Crippen LogP contribution in [0.1, 0.15) is 31.7 Å². The van der Waals surface area contributed by atoms with Crippen LogP contribution < -0.4 is 15.4 Å². The Morgan fingerprint density at radius 1 is 1.34 bits per heavy atom. The zero-order chi connectivity index (χ0) is 27.5. The molecule has 0 radical (unpaired) electrons. The standard InChI is InChI=1S/C27H34ClFN6O3/c1-4-5-11-35(19(2)16-30-17-36)26(32-21-9-12-34(3)13-10-21)23-15-24(28)27(33-25(23)31-18-37)38-22-8-6-7-20(29)14-22/h4,6-8,14-15,17-19,21H,1,5,9-13,16H2,2-3H3,(H,30,36)(H,31,33,37)/b32-26+. The van der Waals surface area contributed by atoms with Crippen molar-refractivity contribution < 1.29 is 18.7 Å². The van der Waals surface area contributed by atoms with Crippen molar-refractivity contribution >= 4 is 36.1 Å². The van der Waals surface area contributed by atoms with Gasteiger partial charge in [-0.3, -0.25) is 14.6 Å². The summed E-state index contributed by atoms with van der Waals surface area (Å²) in [6.07, 6.45) is 5.39. The smallest absolute Gasteiger partial charge is 0.240 e. The van der Waals surface area contributed by atoms with Crippen LogP contribution in [0.2, 0.25) is 5.02 Å². The highest BCUT2D eigenvalue weighted by Gasteiger charge is 2.27. The number of rotatable bonds is 13. The number of aromatic nitrogens is 1. The van der Waals surface area contributed by atoms with E-state index in [9.17, 15) is 14.0 Å². The van der Waals surface area contributed by atoms with Gasteiger partial charge in [-0.15, -0.1) is 6.58 Å². The average molecular weight is 545 g/mol. The van der Waals surface area contributed by atoms with Gasteiger partial charge in [0.25, 0.3) is 0 Å². The lowest BCUT2D eigenvalue weighted by Crippen LogP contribution is -2.46. The van der Waals surface area contributed by atoms with Crippen LogP contribution in [0.4, 0.5) is 10.2 Å². The Bertz CT molecular complexity index is 1140. The van der Waals surface area contributed by atoms with E-state index < -0.39 is 5.82 Å². The van der Waals surface area contributed by atoms with E-state index in [0.717, 1.165) is 25.9 Å². The third-order valence-electron chi connectivity index (χ3n) is 6.26. The summed E-state index contributed by atoms with van der Waals surface area (Å²) >= 11 is 6.62. The molecule has 1 saturated heterocycles. The maximum atomic E-state index is 13.7. The molecule has 3 rings (SSSR count). The molecule has 1 aromatic heterocycles. The highest BCUT2D eigenvalue weighted by Crippen LogP contribution is 2.33. The molecule has 0 saturated carbocycles. The molecule has 2 heterocycles. The largest absolute Gasteiger partial charge is 0.437 e. The minimum Gasteiger partial charge on any atom is -0.437 e. The van der Waals surface area contributed by atoms with Crippen molar-refractivity contribution in [1.29, 1.82) is 0 Å². The summed E-state index contributed by atoms with van der Waals surface area (Å²) in [4.78, 5) is 36.6. The number of benzene rings is 1. The lowest BCUT2D eigenvalue weighted by molar-refractivity contribution is -0.109. The van der Waals surface area contributed by atoms with Gasteiger partial charge in [-0.1, -0.05) is 23.7 Å². The third kappa shape index (κ3) is 8.00. The predicted molar refractivity (Wildman–Crippen MR) is 148 cm³/mol. The molecular weight excluding hydrogens is 511 g/mol. The molecule has 2 amide bonds. The second-order valence-electron chi connectivity index (χ2n) is 9.13. The van der Waals surface area contributed by atoms with Gasteiger partial charge in [-0.2, -0.15) is 4.98 Å². The van der Waals surface area contributed by atoms with Crippen LogP contribution in [-0.2, 0) is 9.59 Å². The van der Waals surface area contributed by atoms with Gasteiger partial charge in [-0.05, 0) is 64.5 Å². The van der Waals surface area contributed by atoms with Crippen molar-refractivity contribution in [3.05, 3.63) is 59.4 Å². The summed E-state index contributed by atoms with van der Waals surface area (Å²) < 4.78 is 19.4. The molecule has 1 aliphatic rings. The zero-order valence-electron chi connectivity index (χ0n) is 21.7. The molecule has 0 bridgehead atoms. The fraction of sp³-hybridized carbons (Fsp3) is 0.407. The first kappa shape index (κ1) is 29.1. The van der Waals surface area contributed by atoms with Crippen LogP contribution in [0.15, 0.2) is 48.0 Å². The fourth-order valence-corrected chi connectivity index (χ4v) is 4.40. The molecule has 9 nitrogen and oxygen atoms in total. The zero-order valence-corrected chi connectivity index (χ0v) is 22.5. The molecule has 1 fully saturated rings. The van der Waals surface area contributed by atoms with E-state index in [2.05, 4.69) is 39.0 Å². The van der Waals surface area contributed by atoms with E-state index >= 15 is 0 Å². The van der Waals surface area contributed by atoms with Crippen molar-refractivity contribution in [3.63, 3.8) is 0 Å². The molecule has 204 valence electrons. The second kappa shape index (κ2) is 14.4. The summed E-state index contributed by atoms with van der Waals surface area (Å²) in [5, 5.41) is 5.55.